The molecule has 4 nitrogen and oxygen atoms in total. The number of hydrogen-bond acceptors (Lipinski definition) is 3. The highest BCUT2D eigenvalue weighted by Gasteiger charge is 2.33. The third kappa shape index (κ3) is 4.96. The molecule has 0 aromatic heterocycles. The number of nitrogens with zero attached hydrogens (tertiary/aromatic N) is 1. The van der Waals surface area contributed by atoms with Gasteiger partial charge >= 0.3 is 0 Å². The van der Waals surface area contributed by atoms with Crippen LogP contribution in [0.25, 0.3) is 0 Å². The number of aryl methyl sites for hydroxylation is 2. The Balaban J connectivity index is 0.00000261. The van der Waals surface area contributed by atoms with Crippen molar-refractivity contribution in [2.45, 2.75) is 38.6 Å². The number of likely N-dealkylation sites (tertiary alicyclic amines) is 1. The maximum atomic E-state index is 12.5. The van der Waals surface area contributed by atoms with Crippen molar-refractivity contribution in [3.05, 3.63) is 70.8 Å². The molecule has 27 heavy (non-hydrogen) atoms. The Morgan fingerprint density at radius 1 is 1.00 bits per heavy atom. The van der Waals surface area contributed by atoms with Gasteiger partial charge in [0.25, 0.3) is 0 Å². The van der Waals surface area contributed by atoms with Gasteiger partial charge in [0.2, 0.25) is 5.91 Å². The zero-order valence-electron chi connectivity index (χ0n) is 15.9. The molecule has 3 rings (SSSR count). The van der Waals surface area contributed by atoms with Crippen molar-refractivity contribution >= 4 is 24.1 Å². The van der Waals surface area contributed by atoms with E-state index in [1.165, 1.54) is 5.56 Å². The van der Waals surface area contributed by atoms with Crippen LogP contribution in [0.4, 0.5) is 0 Å². The van der Waals surface area contributed by atoms with Crippen LogP contribution in [-0.4, -0.2) is 35.7 Å². The summed E-state index contributed by atoms with van der Waals surface area (Å²) in [5, 5.41) is 0. The maximum absolute atomic E-state index is 12.5. The molecule has 144 valence electrons. The van der Waals surface area contributed by atoms with Gasteiger partial charge in [0.15, 0.2) is 5.78 Å². The van der Waals surface area contributed by atoms with Gasteiger partial charge in [-0.2, -0.15) is 0 Å². The SMILES string of the molecule is Cc1ccc(C(=O)CCC(=O)N2C[C@@H](N)[C@H](c3ccccc3)C2)cc1C.Cl. The van der Waals surface area contributed by atoms with Gasteiger partial charge in [-0.15, -0.1) is 12.4 Å². The molecule has 0 radical (unpaired) electrons. The van der Waals surface area contributed by atoms with Gasteiger partial charge in [0.05, 0.1) is 0 Å². The minimum Gasteiger partial charge on any atom is -0.340 e. The van der Waals surface area contributed by atoms with E-state index in [4.69, 9.17) is 5.73 Å². The first-order chi connectivity index (χ1) is 12.5. The Morgan fingerprint density at radius 3 is 2.37 bits per heavy atom. The number of hydrogen-bond donors (Lipinski definition) is 1. The lowest BCUT2D eigenvalue weighted by molar-refractivity contribution is -0.130. The molecule has 5 heteroatoms. The molecule has 0 bridgehead atoms. The third-order valence-electron chi connectivity index (χ3n) is 5.34. The van der Waals surface area contributed by atoms with Gasteiger partial charge in [0.1, 0.15) is 0 Å². The molecule has 1 saturated heterocycles. The molecule has 2 atom stereocenters. The van der Waals surface area contributed by atoms with Gasteiger partial charge in [-0.25, -0.2) is 0 Å². The molecule has 2 aromatic carbocycles. The molecule has 2 aromatic rings. The van der Waals surface area contributed by atoms with Gasteiger partial charge in [-0.1, -0.05) is 42.5 Å². The van der Waals surface area contributed by atoms with Crippen LogP contribution >= 0.6 is 12.4 Å². The Labute approximate surface area is 167 Å². The van der Waals surface area contributed by atoms with Crippen LogP contribution in [0.3, 0.4) is 0 Å². The summed E-state index contributed by atoms with van der Waals surface area (Å²) in [5.74, 6) is 0.191. The number of benzene rings is 2. The van der Waals surface area contributed by atoms with Crippen LogP contribution in [-0.2, 0) is 4.79 Å². The van der Waals surface area contributed by atoms with Crippen molar-refractivity contribution in [3.8, 4) is 0 Å². The number of carbonyl (C=O) groups is 2. The third-order valence-corrected chi connectivity index (χ3v) is 5.34. The Hall–Kier alpha value is -2.17. The van der Waals surface area contributed by atoms with Crippen molar-refractivity contribution in [1.82, 2.24) is 4.90 Å². The van der Waals surface area contributed by atoms with E-state index in [1.54, 1.807) is 4.90 Å². The summed E-state index contributed by atoms with van der Waals surface area (Å²) < 4.78 is 0. The smallest absolute Gasteiger partial charge is 0.223 e. The quantitative estimate of drug-likeness (QED) is 0.798. The van der Waals surface area contributed by atoms with Crippen LogP contribution < -0.4 is 5.73 Å². The van der Waals surface area contributed by atoms with Gasteiger partial charge in [-0.05, 0) is 36.6 Å². The highest BCUT2D eigenvalue weighted by atomic mass is 35.5. The van der Waals surface area contributed by atoms with Crippen molar-refractivity contribution in [2.75, 3.05) is 13.1 Å². The fourth-order valence-corrected chi connectivity index (χ4v) is 3.52. The number of ketones is 1. The average molecular weight is 387 g/mol. The van der Waals surface area contributed by atoms with Crippen molar-refractivity contribution in [2.24, 2.45) is 5.73 Å². The topological polar surface area (TPSA) is 63.4 Å². The monoisotopic (exact) mass is 386 g/mol. The van der Waals surface area contributed by atoms with E-state index in [1.807, 2.05) is 50.2 Å². The average Bonchev–Trinajstić information content (AvgIpc) is 3.04. The van der Waals surface area contributed by atoms with Crippen LogP contribution in [0.15, 0.2) is 48.5 Å². The van der Waals surface area contributed by atoms with E-state index in [0.29, 0.717) is 18.7 Å². The van der Waals surface area contributed by atoms with Crippen LogP contribution in [0.1, 0.15) is 45.8 Å². The summed E-state index contributed by atoms with van der Waals surface area (Å²) in [4.78, 5) is 26.7. The normalized spacial score (nSPS) is 18.9. The number of halogens is 1. The highest BCUT2D eigenvalue weighted by Crippen LogP contribution is 2.27. The van der Waals surface area contributed by atoms with Crippen molar-refractivity contribution in [1.29, 1.82) is 0 Å². The van der Waals surface area contributed by atoms with Crippen LogP contribution in [0.2, 0.25) is 0 Å². The summed E-state index contributed by atoms with van der Waals surface area (Å²) in [6, 6.07) is 15.7. The fourth-order valence-electron chi connectivity index (χ4n) is 3.52. The first kappa shape index (κ1) is 21.1. The second kappa shape index (κ2) is 9.16. The summed E-state index contributed by atoms with van der Waals surface area (Å²) >= 11 is 0. The van der Waals surface area contributed by atoms with Crippen molar-refractivity contribution in [3.63, 3.8) is 0 Å². The minimum absolute atomic E-state index is 0. The van der Waals surface area contributed by atoms with Crippen LogP contribution in [0, 0.1) is 13.8 Å². The molecule has 1 fully saturated rings. The molecular weight excluding hydrogens is 360 g/mol. The molecule has 1 aliphatic heterocycles. The summed E-state index contributed by atoms with van der Waals surface area (Å²) in [6.07, 6.45) is 0.475. The molecule has 0 aliphatic carbocycles. The second-order valence-corrected chi connectivity index (χ2v) is 7.20. The molecule has 2 N–H and O–H groups in total. The lowest BCUT2D eigenvalue weighted by Crippen LogP contribution is -2.32. The highest BCUT2D eigenvalue weighted by molar-refractivity contribution is 5.98. The predicted octanol–water partition coefficient (Wildman–Crippen LogP) is 3.64. The number of amides is 1. The van der Waals surface area contributed by atoms with Crippen molar-refractivity contribution < 1.29 is 9.59 Å². The zero-order chi connectivity index (χ0) is 18.7. The minimum atomic E-state index is -0.0585. The Kier molecular flexibility index (Phi) is 7.17. The van der Waals surface area contributed by atoms with Gasteiger partial charge in [-0.3, -0.25) is 9.59 Å². The molecule has 1 heterocycles. The Morgan fingerprint density at radius 2 is 1.70 bits per heavy atom. The summed E-state index contributed by atoms with van der Waals surface area (Å²) in [5.41, 5.74) is 10.4. The molecule has 0 spiro atoms. The number of carbonyl (C=O) groups excluding carboxylic acids is 2. The number of Topliss-reactive ketones (excluding diaryl/α,β-unsaturated/α-hetero) is 1. The summed E-state index contributed by atoms with van der Waals surface area (Å²) in [6.45, 7) is 5.19. The van der Waals surface area contributed by atoms with E-state index in [2.05, 4.69) is 12.1 Å². The maximum Gasteiger partial charge on any atom is 0.223 e. The summed E-state index contributed by atoms with van der Waals surface area (Å²) in [7, 11) is 0. The van der Waals surface area contributed by atoms with E-state index < -0.39 is 0 Å². The molecule has 1 amide bonds. The van der Waals surface area contributed by atoms with Gasteiger partial charge < -0.3 is 10.6 Å². The largest absolute Gasteiger partial charge is 0.340 e. The Bertz CT molecular complexity index is 807. The number of nitrogens with two attached hydrogens (primary N) is 1. The lowest BCUT2D eigenvalue weighted by atomic mass is 9.95. The lowest BCUT2D eigenvalue weighted by Gasteiger charge is -2.16. The fraction of sp³-hybridized carbons (Fsp3) is 0.364. The van der Waals surface area contributed by atoms with E-state index >= 15 is 0 Å². The predicted molar refractivity (Wildman–Crippen MR) is 110 cm³/mol. The zero-order valence-corrected chi connectivity index (χ0v) is 16.7. The second-order valence-electron chi connectivity index (χ2n) is 7.20. The molecule has 0 saturated carbocycles. The first-order valence-corrected chi connectivity index (χ1v) is 9.14. The van der Waals surface area contributed by atoms with E-state index in [0.717, 1.165) is 11.1 Å². The standard InChI is InChI=1S/C22H26N2O2.ClH/c1-15-8-9-18(12-16(15)2)21(25)10-11-22(26)24-13-19(20(23)14-24)17-6-4-3-5-7-17;/h3-9,12,19-20H,10-11,13-14,23H2,1-2H3;1H/t19-,20+;/m0./s1. The van der Waals surface area contributed by atoms with E-state index in [9.17, 15) is 9.59 Å². The van der Waals surface area contributed by atoms with Crippen LogP contribution in [0.5, 0.6) is 0 Å². The molecule has 1 aliphatic rings. The molecular formula is C22H27ClN2O2. The van der Waals surface area contributed by atoms with E-state index in [-0.39, 0.29) is 48.9 Å². The van der Waals surface area contributed by atoms with Gasteiger partial charge in [0, 0.05) is 43.5 Å². The molecule has 0 unspecified atom stereocenters. The number of rotatable bonds is 5. The first-order valence-electron chi connectivity index (χ1n) is 9.14.